The van der Waals surface area contributed by atoms with Gasteiger partial charge in [-0.1, -0.05) is 0 Å². The van der Waals surface area contributed by atoms with E-state index in [4.69, 9.17) is 0 Å². The number of hydrogen-bond donors (Lipinski definition) is 0. The number of thiazole rings is 1. The van der Waals surface area contributed by atoms with Crippen LogP contribution in [0.3, 0.4) is 0 Å². The maximum Gasteiger partial charge on any atom is 0.406 e. The Kier molecular flexibility index (Phi) is 3.75. The number of hydrogen-bond acceptors (Lipinski definition) is 5. The Labute approximate surface area is 143 Å². The predicted molar refractivity (Wildman–Crippen MR) is 86.0 cm³/mol. The first-order valence-electron chi connectivity index (χ1n) is 7.28. The molecule has 0 aromatic carbocycles. The van der Waals surface area contributed by atoms with E-state index in [0.29, 0.717) is 21.9 Å². The van der Waals surface area contributed by atoms with Crippen LogP contribution < -0.4 is 0 Å². The number of fused-ring (bicyclic) bond motifs is 1. The zero-order valence-electron chi connectivity index (χ0n) is 12.7. The van der Waals surface area contributed by atoms with Crippen LogP contribution in [-0.4, -0.2) is 35.2 Å². The van der Waals surface area contributed by atoms with Crippen LogP contribution >= 0.6 is 11.3 Å². The van der Waals surface area contributed by atoms with Crippen molar-refractivity contribution in [2.75, 3.05) is 0 Å². The molecule has 0 amide bonds. The van der Waals surface area contributed by atoms with Gasteiger partial charge >= 0.3 is 6.18 Å². The fraction of sp³-hybridized carbons (Fsp3) is 0.200. The second-order valence-corrected chi connectivity index (χ2v) is 6.20. The lowest BCUT2D eigenvalue weighted by Gasteiger charge is -2.13. The number of alkyl halides is 3. The van der Waals surface area contributed by atoms with Crippen LogP contribution in [0.25, 0.3) is 21.9 Å². The quantitative estimate of drug-likeness (QED) is 0.557. The Balaban J connectivity index is 1.77. The molecule has 10 heteroatoms. The van der Waals surface area contributed by atoms with Gasteiger partial charge in [-0.25, -0.2) is 15.0 Å². The first-order valence-corrected chi connectivity index (χ1v) is 8.16. The second kappa shape index (κ2) is 5.96. The second-order valence-electron chi connectivity index (χ2n) is 5.31. The highest BCUT2D eigenvalue weighted by Gasteiger charge is 2.30. The summed E-state index contributed by atoms with van der Waals surface area (Å²) < 4.78 is 41.9. The molecule has 4 aromatic rings. The Morgan fingerprint density at radius 1 is 1.12 bits per heavy atom. The summed E-state index contributed by atoms with van der Waals surface area (Å²) in [6.07, 6.45) is 3.50. The van der Waals surface area contributed by atoms with E-state index in [1.54, 1.807) is 29.2 Å². The van der Waals surface area contributed by atoms with Crippen molar-refractivity contribution >= 4 is 22.4 Å². The zero-order chi connectivity index (χ0) is 17.4. The van der Waals surface area contributed by atoms with Gasteiger partial charge in [-0.15, -0.1) is 11.3 Å². The molecule has 0 N–H and O–H groups in total. The van der Waals surface area contributed by atoms with E-state index >= 15 is 0 Å². The molecule has 0 atom stereocenters. The predicted octanol–water partition coefficient (Wildman–Crippen LogP) is 3.36. The summed E-state index contributed by atoms with van der Waals surface area (Å²) in [4.78, 5) is 16.7. The van der Waals surface area contributed by atoms with Crippen LogP contribution in [0, 0.1) is 0 Å². The molecule has 0 aliphatic carbocycles. The highest BCUT2D eigenvalue weighted by Crippen LogP contribution is 2.25. The van der Waals surface area contributed by atoms with Crippen molar-refractivity contribution < 1.29 is 13.2 Å². The SMILES string of the molecule is FC(F)(F)Cn1c(Cn2ccnc2-c2nccs2)nc2ccncc21. The van der Waals surface area contributed by atoms with Crippen LogP contribution in [0.1, 0.15) is 5.82 Å². The van der Waals surface area contributed by atoms with Gasteiger partial charge in [0.15, 0.2) is 10.8 Å². The molecule has 0 saturated heterocycles. The molecule has 0 unspecified atom stereocenters. The average Bonchev–Trinajstić information content (AvgIpc) is 3.27. The van der Waals surface area contributed by atoms with Crippen LogP contribution in [0.5, 0.6) is 0 Å². The van der Waals surface area contributed by atoms with Gasteiger partial charge in [0.1, 0.15) is 12.4 Å². The summed E-state index contributed by atoms with van der Waals surface area (Å²) >= 11 is 1.41. The molecule has 6 nitrogen and oxygen atoms in total. The fourth-order valence-corrected chi connectivity index (χ4v) is 3.26. The molecule has 0 radical (unpaired) electrons. The maximum atomic E-state index is 13.0. The van der Waals surface area contributed by atoms with Crippen molar-refractivity contribution in [1.82, 2.24) is 29.1 Å². The van der Waals surface area contributed by atoms with Crippen molar-refractivity contribution in [1.29, 1.82) is 0 Å². The Bertz CT molecular complexity index is 1000. The summed E-state index contributed by atoms with van der Waals surface area (Å²) in [7, 11) is 0. The lowest BCUT2D eigenvalue weighted by Crippen LogP contribution is -2.20. The zero-order valence-corrected chi connectivity index (χ0v) is 13.5. The highest BCUT2D eigenvalue weighted by atomic mass is 32.1. The minimum atomic E-state index is -4.36. The molecule has 0 aliphatic heterocycles. The van der Waals surface area contributed by atoms with Gasteiger partial charge in [0.2, 0.25) is 0 Å². The largest absolute Gasteiger partial charge is 0.406 e. The van der Waals surface area contributed by atoms with Crippen molar-refractivity contribution in [2.24, 2.45) is 0 Å². The Hall–Kier alpha value is -2.75. The third-order valence-corrected chi connectivity index (χ3v) is 4.39. The van der Waals surface area contributed by atoms with Crippen molar-refractivity contribution in [3.05, 3.63) is 48.3 Å². The summed E-state index contributed by atoms with van der Waals surface area (Å²) in [5.41, 5.74) is 0.830. The van der Waals surface area contributed by atoms with Gasteiger partial charge in [0.05, 0.1) is 23.8 Å². The van der Waals surface area contributed by atoms with Crippen LogP contribution in [0.4, 0.5) is 13.2 Å². The average molecular weight is 364 g/mol. The van der Waals surface area contributed by atoms with Gasteiger partial charge in [-0.3, -0.25) is 4.98 Å². The van der Waals surface area contributed by atoms with Crippen molar-refractivity contribution in [3.63, 3.8) is 0 Å². The Morgan fingerprint density at radius 2 is 2.00 bits per heavy atom. The molecule has 0 saturated carbocycles. The van der Waals surface area contributed by atoms with E-state index in [-0.39, 0.29) is 12.4 Å². The lowest BCUT2D eigenvalue weighted by molar-refractivity contribution is -0.140. The standard InChI is InChI=1S/C15H11F3N6S/c16-15(17,18)9-24-11-7-19-2-1-10(11)22-12(24)8-23-5-3-20-13(23)14-21-4-6-25-14/h1-7H,8-9H2. The van der Waals surface area contributed by atoms with E-state index in [1.807, 2.05) is 5.38 Å². The smallest absolute Gasteiger partial charge is 0.321 e. The molecule has 0 aliphatic rings. The minimum absolute atomic E-state index is 0.152. The molecule has 4 rings (SSSR count). The molecular formula is C15H11F3N6S. The normalized spacial score (nSPS) is 12.1. The molecule has 0 bridgehead atoms. The summed E-state index contributed by atoms with van der Waals surface area (Å²) in [5, 5.41) is 2.52. The Morgan fingerprint density at radius 3 is 2.76 bits per heavy atom. The number of imidazole rings is 2. The molecule has 128 valence electrons. The third-order valence-electron chi connectivity index (χ3n) is 3.62. The molecule has 25 heavy (non-hydrogen) atoms. The lowest BCUT2D eigenvalue weighted by atomic mass is 10.4. The van der Waals surface area contributed by atoms with E-state index in [2.05, 4.69) is 19.9 Å². The van der Waals surface area contributed by atoms with Crippen LogP contribution in [0.15, 0.2) is 42.4 Å². The number of pyridine rings is 1. The van der Waals surface area contributed by atoms with E-state index in [0.717, 1.165) is 4.57 Å². The van der Waals surface area contributed by atoms with Gasteiger partial charge in [0.25, 0.3) is 0 Å². The molecular weight excluding hydrogens is 353 g/mol. The van der Waals surface area contributed by atoms with Crippen molar-refractivity contribution in [3.8, 4) is 10.8 Å². The van der Waals surface area contributed by atoms with Crippen LogP contribution in [0.2, 0.25) is 0 Å². The first-order chi connectivity index (χ1) is 12.0. The van der Waals surface area contributed by atoms with E-state index in [9.17, 15) is 13.2 Å². The van der Waals surface area contributed by atoms with Gasteiger partial charge < -0.3 is 9.13 Å². The first kappa shape index (κ1) is 15.8. The summed E-state index contributed by atoms with van der Waals surface area (Å²) in [6.45, 7) is -0.967. The van der Waals surface area contributed by atoms with E-state index < -0.39 is 12.7 Å². The fourth-order valence-electron chi connectivity index (χ4n) is 2.62. The third kappa shape index (κ3) is 3.12. The minimum Gasteiger partial charge on any atom is -0.321 e. The maximum absolute atomic E-state index is 13.0. The van der Waals surface area contributed by atoms with Gasteiger partial charge in [-0.05, 0) is 6.07 Å². The number of rotatable bonds is 4. The number of halogens is 3. The number of nitrogens with zero attached hydrogens (tertiary/aromatic N) is 6. The monoisotopic (exact) mass is 364 g/mol. The molecule has 0 spiro atoms. The van der Waals surface area contributed by atoms with Crippen molar-refractivity contribution in [2.45, 2.75) is 19.3 Å². The highest BCUT2D eigenvalue weighted by molar-refractivity contribution is 7.13. The van der Waals surface area contributed by atoms with Gasteiger partial charge in [0, 0.05) is 30.2 Å². The topological polar surface area (TPSA) is 61.4 Å². The van der Waals surface area contributed by atoms with Crippen LogP contribution in [-0.2, 0) is 13.1 Å². The molecule has 4 aromatic heterocycles. The van der Waals surface area contributed by atoms with Gasteiger partial charge in [-0.2, -0.15) is 13.2 Å². The summed E-state index contributed by atoms with van der Waals surface area (Å²) in [6, 6.07) is 1.60. The summed E-state index contributed by atoms with van der Waals surface area (Å²) in [5.74, 6) is 0.884. The number of aromatic nitrogens is 6. The molecule has 4 heterocycles. The molecule has 0 fully saturated rings. The van der Waals surface area contributed by atoms with E-state index in [1.165, 1.54) is 23.7 Å².